The van der Waals surface area contributed by atoms with Gasteiger partial charge in [-0.1, -0.05) is 5.16 Å². The summed E-state index contributed by atoms with van der Waals surface area (Å²) in [5, 5.41) is 12.2. The topological polar surface area (TPSA) is 80.7 Å². The monoisotopic (exact) mass is 227 g/mol. The van der Waals surface area contributed by atoms with Crippen LogP contribution in [-0.2, 0) is 4.74 Å². The van der Waals surface area contributed by atoms with Gasteiger partial charge in [-0.25, -0.2) is 4.98 Å². The van der Waals surface area contributed by atoms with Crippen LogP contribution >= 0.6 is 11.8 Å². The fraction of sp³-hybridized carbons (Fsp3) is 0.333. The van der Waals surface area contributed by atoms with Crippen LogP contribution in [-0.4, -0.2) is 35.5 Å². The van der Waals surface area contributed by atoms with Crippen LogP contribution in [0.3, 0.4) is 0 Å². The summed E-state index contributed by atoms with van der Waals surface area (Å²) < 4.78 is 4.92. The van der Waals surface area contributed by atoms with Crippen molar-refractivity contribution in [2.45, 2.75) is 5.03 Å². The molecule has 5 nitrogen and oxygen atoms in total. The van der Waals surface area contributed by atoms with E-state index < -0.39 is 0 Å². The number of hydrogen-bond donors (Lipinski definition) is 2. The Morgan fingerprint density at radius 1 is 1.67 bits per heavy atom. The zero-order chi connectivity index (χ0) is 11.1. The Balaban J connectivity index is 2.56. The van der Waals surface area contributed by atoms with Crippen LogP contribution in [0.15, 0.2) is 28.5 Å². The molecule has 0 saturated heterocycles. The van der Waals surface area contributed by atoms with Crippen LogP contribution in [0.4, 0.5) is 0 Å². The van der Waals surface area contributed by atoms with Gasteiger partial charge in [0.1, 0.15) is 0 Å². The first-order chi connectivity index (χ1) is 7.27. The molecule has 82 valence electrons. The molecule has 0 saturated carbocycles. The van der Waals surface area contributed by atoms with Crippen LogP contribution in [0.2, 0.25) is 0 Å². The van der Waals surface area contributed by atoms with Crippen LogP contribution in [0.1, 0.15) is 5.56 Å². The van der Waals surface area contributed by atoms with Crippen molar-refractivity contribution < 1.29 is 9.94 Å². The maximum atomic E-state index is 8.44. The lowest BCUT2D eigenvalue weighted by molar-refractivity contribution is 0.218. The SMILES string of the molecule is COCCSc1ccc(/C(N)=N/O)cn1. The summed E-state index contributed by atoms with van der Waals surface area (Å²) in [4.78, 5) is 4.15. The van der Waals surface area contributed by atoms with Gasteiger partial charge >= 0.3 is 0 Å². The molecule has 0 amide bonds. The molecular weight excluding hydrogens is 214 g/mol. The van der Waals surface area contributed by atoms with E-state index in [9.17, 15) is 0 Å². The van der Waals surface area contributed by atoms with Gasteiger partial charge in [0.25, 0.3) is 0 Å². The lowest BCUT2D eigenvalue weighted by Gasteiger charge is -2.01. The minimum Gasteiger partial charge on any atom is -0.409 e. The van der Waals surface area contributed by atoms with Crippen LogP contribution in [0.5, 0.6) is 0 Å². The van der Waals surface area contributed by atoms with E-state index in [4.69, 9.17) is 15.7 Å². The number of pyridine rings is 1. The van der Waals surface area contributed by atoms with E-state index >= 15 is 0 Å². The maximum absolute atomic E-state index is 8.44. The standard InChI is InChI=1S/C9H13N3O2S/c1-14-4-5-15-8-3-2-7(6-11-8)9(10)12-13/h2-3,6,13H,4-5H2,1H3,(H2,10,12). The molecule has 15 heavy (non-hydrogen) atoms. The van der Waals surface area contributed by atoms with E-state index in [-0.39, 0.29) is 5.84 Å². The van der Waals surface area contributed by atoms with E-state index in [1.54, 1.807) is 31.1 Å². The smallest absolute Gasteiger partial charge is 0.171 e. The summed E-state index contributed by atoms with van der Waals surface area (Å²) in [5.74, 6) is 0.919. The Morgan fingerprint density at radius 2 is 2.47 bits per heavy atom. The molecule has 0 aliphatic heterocycles. The van der Waals surface area contributed by atoms with Crippen LogP contribution in [0, 0.1) is 0 Å². The molecular formula is C9H13N3O2S. The number of amidine groups is 1. The Bertz CT molecular complexity index is 327. The van der Waals surface area contributed by atoms with Crippen molar-refractivity contribution >= 4 is 17.6 Å². The zero-order valence-corrected chi connectivity index (χ0v) is 9.20. The van der Waals surface area contributed by atoms with Crippen molar-refractivity contribution in [2.75, 3.05) is 19.5 Å². The lowest BCUT2D eigenvalue weighted by atomic mass is 10.3. The molecule has 0 aliphatic rings. The summed E-state index contributed by atoms with van der Waals surface area (Å²) in [6.45, 7) is 0.689. The van der Waals surface area contributed by atoms with Gasteiger partial charge < -0.3 is 15.7 Å². The summed E-state index contributed by atoms with van der Waals surface area (Å²) in [5.41, 5.74) is 6.00. The first kappa shape index (κ1) is 11.8. The third-order valence-corrected chi connectivity index (χ3v) is 2.59. The number of ether oxygens (including phenoxy) is 1. The van der Waals surface area contributed by atoms with Crippen molar-refractivity contribution in [3.8, 4) is 0 Å². The van der Waals surface area contributed by atoms with Gasteiger partial charge in [-0.15, -0.1) is 11.8 Å². The van der Waals surface area contributed by atoms with Crippen LogP contribution in [0.25, 0.3) is 0 Å². The van der Waals surface area contributed by atoms with Gasteiger partial charge in [-0.3, -0.25) is 0 Å². The number of oxime groups is 1. The first-order valence-corrected chi connectivity index (χ1v) is 5.32. The molecule has 6 heteroatoms. The average Bonchev–Trinajstić information content (AvgIpc) is 2.29. The number of aromatic nitrogens is 1. The summed E-state index contributed by atoms with van der Waals surface area (Å²) in [6.07, 6.45) is 1.57. The lowest BCUT2D eigenvalue weighted by Crippen LogP contribution is -2.13. The second-order valence-electron chi connectivity index (χ2n) is 2.71. The highest BCUT2D eigenvalue weighted by Gasteiger charge is 2.00. The van der Waals surface area contributed by atoms with E-state index in [0.29, 0.717) is 12.2 Å². The Hall–Kier alpha value is -1.27. The van der Waals surface area contributed by atoms with Gasteiger partial charge in [0.2, 0.25) is 0 Å². The summed E-state index contributed by atoms with van der Waals surface area (Å²) >= 11 is 1.59. The molecule has 0 aliphatic carbocycles. The predicted molar refractivity (Wildman–Crippen MR) is 59.3 cm³/mol. The Morgan fingerprint density at radius 3 is 3.00 bits per heavy atom. The summed E-state index contributed by atoms with van der Waals surface area (Å²) in [7, 11) is 1.66. The molecule has 1 heterocycles. The second-order valence-corrected chi connectivity index (χ2v) is 3.83. The largest absolute Gasteiger partial charge is 0.409 e. The molecule has 0 aromatic carbocycles. The summed E-state index contributed by atoms with van der Waals surface area (Å²) in [6, 6.07) is 3.59. The molecule has 0 atom stereocenters. The van der Waals surface area contributed by atoms with Gasteiger partial charge in [0, 0.05) is 24.6 Å². The number of thioether (sulfide) groups is 1. The second kappa shape index (κ2) is 6.26. The van der Waals surface area contributed by atoms with Gasteiger partial charge in [-0.05, 0) is 12.1 Å². The molecule has 0 spiro atoms. The quantitative estimate of drug-likeness (QED) is 0.195. The first-order valence-electron chi connectivity index (χ1n) is 4.33. The van der Waals surface area contributed by atoms with Crippen molar-refractivity contribution in [3.63, 3.8) is 0 Å². The number of rotatable bonds is 5. The van der Waals surface area contributed by atoms with E-state index in [0.717, 1.165) is 10.8 Å². The third-order valence-electron chi connectivity index (χ3n) is 1.68. The Kier molecular flexibility index (Phi) is 4.92. The van der Waals surface area contributed by atoms with Gasteiger partial charge in [0.05, 0.1) is 11.6 Å². The maximum Gasteiger partial charge on any atom is 0.171 e. The molecule has 0 fully saturated rings. The fourth-order valence-electron chi connectivity index (χ4n) is 0.904. The highest BCUT2D eigenvalue weighted by atomic mass is 32.2. The molecule has 3 N–H and O–H groups in total. The number of nitrogens with zero attached hydrogens (tertiary/aromatic N) is 2. The van der Waals surface area contributed by atoms with Gasteiger partial charge in [-0.2, -0.15) is 0 Å². The van der Waals surface area contributed by atoms with Gasteiger partial charge in [0.15, 0.2) is 5.84 Å². The molecule has 1 aromatic rings. The molecule has 1 aromatic heterocycles. The number of nitrogens with two attached hydrogens (primary N) is 1. The third kappa shape index (κ3) is 3.77. The van der Waals surface area contributed by atoms with E-state index in [1.165, 1.54) is 0 Å². The van der Waals surface area contributed by atoms with Crippen LogP contribution < -0.4 is 5.73 Å². The van der Waals surface area contributed by atoms with E-state index in [2.05, 4.69) is 10.1 Å². The van der Waals surface area contributed by atoms with Crippen molar-refractivity contribution in [1.82, 2.24) is 4.98 Å². The van der Waals surface area contributed by atoms with Crippen molar-refractivity contribution in [2.24, 2.45) is 10.9 Å². The zero-order valence-electron chi connectivity index (χ0n) is 8.38. The number of hydrogen-bond acceptors (Lipinski definition) is 5. The molecule has 0 radical (unpaired) electrons. The Labute approximate surface area is 92.3 Å². The predicted octanol–water partition coefficient (Wildman–Crippen LogP) is 0.915. The minimum atomic E-state index is 0.0657. The number of methoxy groups -OCH3 is 1. The van der Waals surface area contributed by atoms with E-state index in [1.807, 2.05) is 6.07 Å². The van der Waals surface area contributed by atoms with Crippen molar-refractivity contribution in [1.29, 1.82) is 0 Å². The normalized spacial score (nSPS) is 11.7. The van der Waals surface area contributed by atoms with Crippen molar-refractivity contribution in [3.05, 3.63) is 23.9 Å². The molecule has 1 rings (SSSR count). The molecule has 0 unspecified atom stereocenters. The highest BCUT2D eigenvalue weighted by molar-refractivity contribution is 7.99. The average molecular weight is 227 g/mol. The fourth-order valence-corrected chi connectivity index (χ4v) is 1.66. The molecule has 0 bridgehead atoms. The minimum absolute atomic E-state index is 0.0657. The highest BCUT2D eigenvalue weighted by Crippen LogP contribution is 2.14.